The smallest absolute Gasteiger partial charge is 0.274 e. The molecular weight excluding hydrogens is 380 g/mol. The number of rotatable bonds is 9. The summed E-state index contributed by atoms with van der Waals surface area (Å²) >= 11 is 1.31. The molecular formula is C20H20N2O5S. The Morgan fingerprint density at radius 3 is 2.71 bits per heavy atom. The van der Waals surface area contributed by atoms with Crippen LogP contribution in [-0.2, 0) is 0 Å². The van der Waals surface area contributed by atoms with Crippen molar-refractivity contribution in [3.05, 3.63) is 58.3 Å². The quantitative estimate of drug-likeness (QED) is 0.645. The van der Waals surface area contributed by atoms with E-state index in [2.05, 4.69) is 10.5 Å². The molecule has 1 aliphatic rings. The van der Waals surface area contributed by atoms with Crippen molar-refractivity contribution in [2.24, 2.45) is 0 Å². The van der Waals surface area contributed by atoms with E-state index in [4.69, 9.17) is 9.26 Å². The summed E-state index contributed by atoms with van der Waals surface area (Å²) in [6.07, 6.45) is 3.97. The number of ketones is 2. The van der Waals surface area contributed by atoms with Gasteiger partial charge in [0.2, 0.25) is 17.3 Å². The van der Waals surface area contributed by atoms with Crippen LogP contribution in [0.25, 0.3) is 0 Å². The molecule has 0 unspecified atom stereocenters. The van der Waals surface area contributed by atoms with Gasteiger partial charge < -0.3 is 14.6 Å². The van der Waals surface area contributed by atoms with E-state index in [1.165, 1.54) is 24.9 Å². The number of hydrogen-bond acceptors (Lipinski definition) is 7. The molecule has 1 aliphatic carbocycles. The maximum Gasteiger partial charge on any atom is 0.274 e. The third-order valence-electron chi connectivity index (χ3n) is 4.13. The van der Waals surface area contributed by atoms with Gasteiger partial charge in [0, 0.05) is 13.1 Å². The van der Waals surface area contributed by atoms with E-state index in [-0.39, 0.29) is 17.0 Å². The highest BCUT2D eigenvalue weighted by molar-refractivity contribution is 8.04. The number of Topliss-reactive ketones (excluding diaryl/α,β-unsaturated/α-hetero) is 1. The first-order chi connectivity index (χ1) is 13.6. The van der Waals surface area contributed by atoms with Crippen LogP contribution >= 0.6 is 11.8 Å². The van der Waals surface area contributed by atoms with Gasteiger partial charge in [-0.3, -0.25) is 14.4 Å². The van der Waals surface area contributed by atoms with Crippen LogP contribution in [0.15, 0.2) is 45.8 Å². The lowest BCUT2D eigenvalue weighted by Crippen LogP contribution is -2.23. The zero-order valence-corrected chi connectivity index (χ0v) is 16.2. The van der Waals surface area contributed by atoms with Crippen molar-refractivity contribution in [3.63, 3.8) is 0 Å². The van der Waals surface area contributed by atoms with Crippen LogP contribution < -0.4 is 10.1 Å². The Kier molecular flexibility index (Phi) is 6.65. The number of hydrogen-bond donors (Lipinski definition) is 1. The zero-order chi connectivity index (χ0) is 19.9. The van der Waals surface area contributed by atoms with Gasteiger partial charge in [-0.2, -0.15) is 0 Å². The maximum atomic E-state index is 12.6. The Hall–Kier alpha value is -2.87. The summed E-state index contributed by atoms with van der Waals surface area (Å²) in [7, 11) is 1.42. The Morgan fingerprint density at radius 1 is 1.18 bits per heavy atom. The van der Waals surface area contributed by atoms with Crippen LogP contribution in [-0.4, -0.2) is 42.0 Å². The lowest BCUT2D eigenvalue weighted by atomic mass is 10.00. The minimum Gasteiger partial charge on any atom is -0.494 e. The van der Waals surface area contributed by atoms with Crippen LogP contribution in [0.3, 0.4) is 0 Å². The van der Waals surface area contributed by atoms with Crippen LogP contribution in [0.4, 0.5) is 0 Å². The molecule has 0 atom stereocenters. The number of fused-ring (bicyclic) bond motifs is 1. The van der Waals surface area contributed by atoms with E-state index >= 15 is 0 Å². The summed E-state index contributed by atoms with van der Waals surface area (Å²) in [4.78, 5) is 36.9. The first-order valence-corrected chi connectivity index (χ1v) is 9.93. The molecule has 2 aromatic rings. The van der Waals surface area contributed by atoms with E-state index in [0.717, 1.165) is 25.0 Å². The summed E-state index contributed by atoms with van der Waals surface area (Å²) < 4.78 is 10.5. The molecule has 1 amide bonds. The lowest BCUT2D eigenvalue weighted by Gasteiger charge is -2.10. The topological polar surface area (TPSA) is 98.5 Å². The fraction of sp³-hybridized carbons (Fsp3) is 0.300. The fourth-order valence-electron chi connectivity index (χ4n) is 2.69. The van der Waals surface area contributed by atoms with Gasteiger partial charge in [-0.05, 0) is 37.1 Å². The minimum atomic E-state index is -0.559. The molecule has 0 saturated heterocycles. The van der Waals surface area contributed by atoms with Crippen molar-refractivity contribution in [2.75, 3.05) is 19.4 Å². The molecule has 1 heterocycles. The fourth-order valence-corrected chi connectivity index (χ4v) is 3.68. The van der Waals surface area contributed by atoms with E-state index in [1.807, 2.05) is 30.3 Å². The van der Waals surface area contributed by atoms with Crippen molar-refractivity contribution in [1.82, 2.24) is 10.5 Å². The Bertz CT molecular complexity index is 905. The van der Waals surface area contributed by atoms with Crippen LogP contribution in [0.1, 0.15) is 50.7 Å². The normalized spacial score (nSPS) is 13.1. The molecule has 0 radical (unpaired) electrons. The molecule has 28 heavy (non-hydrogen) atoms. The number of ether oxygens (including phenoxy) is 1. The highest BCUT2D eigenvalue weighted by atomic mass is 32.2. The molecule has 146 valence electrons. The highest BCUT2D eigenvalue weighted by Gasteiger charge is 2.35. The molecule has 1 N–H and O–H groups in total. The van der Waals surface area contributed by atoms with Gasteiger partial charge in [0.15, 0.2) is 5.69 Å². The number of carbonyl (C=O) groups excluding carboxylic acids is 3. The Labute approximate surface area is 166 Å². The van der Waals surface area contributed by atoms with E-state index in [0.29, 0.717) is 17.3 Å². The summed E-state index contributed by atoms with van der Waals surface area (Å²) in [6, 6.07) is 9.63. The van der Waals surface area contributed by atoms with E-state index in [9.17, 15) is 14.4 Å². The summed E-state index contributed by atoms with van der Waals surface area (Å²) in [6.45, 7) is 0.633. The maximum absolute atomic E-state index is 12.6. The number of nitrogens with one attached hydrogen (secondary N) is 1. The van der Waals surface area contributed by atoms with Crippen molar-refractivity contribution in [1.29, 1.82) is 0 Å². The first kappa shape index (κ1) is 19.9. The molecule has 0 saturated carbocycles. The number of thioether (sulfide) groups is 1. The van der Waals surface area contributed by atoms with E-state index < -0.39 is 17.5 Å². The van der Waals surface area contributed by atoms with Crippen LogP contribution in [0, 0.1) is 0 Å². The molecule has 0 bridgehead atoms. The number of aromatic nitrogens is 1. The largest absolute Gasteiger partial charge is 0.494 e. The summed E-state index contributed by atoms with van der Waals surface area (Å²) in [5, 5.41) is 5.96. The van der Waals surface area contributed by atoms with Crippen LogP contribution in [0.5, 0.6) is 5.75 Å². The van der Waals surface area contributed by atoms with Gasteiger partial charge in [0.1, 0.15) is 11.3 Å². The van der Waals surface area contributed by atoms with Crippen molar-refractivity contribution < 1.29 is 23.6 Å². The average molecular weight is 400 g/mol. The van der Waals surface area contributed by atoms with Crippen molar-refractivity contribution >= 4 is 29.2 Å². The molecule has 3 rings (SSSR count). The second kappa shape index (κ2) is 9.36. The number of nitrogens with zero attached hydrogens (tertiary/aromatic N) is 1. The molecule has 0 aliphatic heterocycles. The van der Waals surface area contributed by atoms with Crippen molar-refractivity contribution in [3.8, 4) is 5.75 Å². The third kappa shape index (κ3) is 4.51. The standard InChI is InChI=1S/C20H20N2O5S/c1-21-20(25)17-16-18(24)15(12-14(23)19(16)27-22-17)28-11-7-3-6-10-26-13-8-4-2-5-9-13/h2,4-5,8-9,12H,3,6-7,10-11H2,1H3,(H,21,25). The Morgan fingerprint density at radius 2 is 1.96 bits per heavy atom. The molecule has 0 spiro atoms. The Balaban J connectivity index is 1.46. The lowest BCUT2D eigenvalue weighted by molar-refractivity contribution is 0.0944. The van der Waals surface area contributed by atoms with Crippen molar-refractivity contribution in [2.45, 2.75) is 19.3 Å². The predicted molar refractivity (Wildman–Crippen MR) is 105 cm³/mol. The number of carbonyl (C=O) groups is 3. The van der Waals surface area contributed by atoms with Gasteiger partial charge in [-0.1, -0.05) is 23.4 Å². The number of allylic oxidation sites excluding steroid dienone is 2. The van der Waals surface area contributed by atoms with Gasteiger partial charge in [-0.25, -0.2) is 0 Å². The number of benzene rings is 1. The second-order valence-corrected chi connectivity index (χ2v) is 7.22. The molecule has 7 nitrogen and oxygen atoms in total. The number of para-hydroxylation sites is 1. The molecule has 0 fully saturated rings. The third-order valence-corrected chi connectivity index (χ3v) is 5.24. The van der Waals surface area contributed by atoms with Gasteiger partial charge in [-0.15, -0.1) is 11.8 Å². The summed E-state index contributed by atoms with van der Waals surface area (Å²) in [5.74, 6) is -0.0407. The summed E-state index contributed by atoms with van der Waals surface area (Å²) in [5.41, 5.74) is -0.203. The molecule has 8 heteroatoms. The van der Waals surface area contributed by atoms with E-state index in [1.54, 1.807) is 0 Å². The zero-order valence-electron chi connectivity index (χ0n) is 15.4. The predicted octanol–water partition coefficient (Wildman–Crippen LogP) is 3.28. The monoisotopic (exact) mass is 400 g/mol. The average Bonchev–Trinajstić information content (AvgIpc) is 3.17. The van der Waals surface area contributed by atoms with Crippen LogP contribution in [0.2, 0.25) is 0 Å². The van der Waals surface area contributed by atoms with Gasteiger partial charge >= 0.3 is 0 Å². The molecule has 1 aromatic carbocycles. The van der Waals surface area contributed by atoms with Gasteiger partial charge in [0.05, 0.1) is 11.5 Å². The number of amides is 1. The number of unbranched alkanes of at least 4 members (excludes halogenated alkanes) is 2. The first-order valence-electron chi connectivity index (χ1n) is 8.95. The molecule has 1 aromatic heterocycles. The minimum absolute atomic E-state index is 0.0504. The second-order valence-electron chi connectivity index (χ2n) is 6.09. The van der Waals surface area contributed by atoms with Gasteiger partial charge in [0.25, 0.3) is 5.91 Å². The SMILES string of the molecule is CNC(=O)c1noc2c1C(=O)C(SCCCCCOc1ccccc1)=CC2=O. The highest BCUT2D eigenvalue weighted by Crippen LogP contribution is 2.31.